The summed E-state index contributed by atoms with van der Waals surface area (Å²) in [6, 6.07) is 3.88. The van der Waals surface area contributed by atoms with Crippen LogP contribution in [0.2, 0.25) is 0 Å². The molecule has 10 heteroatoms. The van der Waals surface area contributed by atoms with E-state index >= 15 is 0 Å². The van der Waals surface area contributed by atoms with E-state index in [2.05, 4.69) is 0 Å². The van der Waals surface area contributed by atoms with Crippen molar-refractivity contribution in [2.45, 2.75) is 68.9 Å². The Balaban J connectivity index is 2.06. The normalized spacial score (nSPS) is 27.4. The molecule has 2 fully saturated rings. The van der Waals surface area contributed by atoms with Gasteiger partial charge in [-0.05, 0) is 37.5 Å². The highest BCUT2D eigenvalue weighted by atomic mass is 19.4. The van der Waals surface area contributed by atoms with Gasteiger partial charge >= 0.3 is 12.3 Å². The summed E-state index contributed by atoms with van der Waals surface area (Å²) in [6.07, 6.45) is -5.85. The minimum absolute atomic E-state index is 0.258. The van der Waals surface area contributed by atoms with E-state index in [1.165, 1.54) is 19.1 Å². The van der Waals surface area contributed by atoms with Gasteiger partial charge in [-0.2, -0.15) is 28.0 Å². The molecular weight excluding hydrogens is 406 g/mol. The fourth-order valence-corrected chi connectivity index (χ4v) is 4.99. The van der Waals surface area contributed by atoms with Crippen LogP contribution in [0.15, 0.2) is 24.3 Å². The Hall–Kier alpha value is -2.22. The van der Waals surface area contributed by atoms with Crippen molar-refractivity contribution in [1.29, 1.82) is 5.26 Å². The van der Waals surface area contributed by atoms with Crippen LogP contribution in [0.1, 0.15) is 50.2 Å². The smallest absolute Gasteiger partial charge is 0.534 e. The van der Waals surface area contributed by atoms with E-state index in [4.69, 9.17) is 0 Å². The Labute approximate surface area is 171 Å². The summed E-state index contributed by atoms with van der Waals surface area (Å²) >= 11 is 0. The number of amides is 1. The highest BCUT2D eigenvalue weighted by molar-refractivity contribution is 5.57. The average Bonchev–Trinajstić information content (AvgIpc) is 3.33. The molecule has 1 aliphatic carbocycles. The van der Waals surface area contributed by atoms with Gasteiger partial charge in [0, 0.05) is 11.8 Å². The number of carboxylic acid groups (broad SMARTS) is 1. The average molecular weight is 429 g/mol. The number of nitrogens with zero attached hydrogens (tertiary/aromatic N) is 3. The molecule has 1 aromatic rings. The van der Waals surface area contributed by atoms with Crippen LogP contribution in [0.3, 0.4) is 0 Å². The van der Waals surface area contributed by atoms with Crippen LogP contribution in [0.25, 0.3) is 0 Å². The molecule has 0 radical (unpaired) electrons. The zero-order valence-electron chi connectivity index (χ0n) is 16.4. The van der Waals surface area contributed by atoms with Crippen molar-refractivity contribution in [2.75, 3.05) is 6.54 Å². The molecule has 30 heavy (non-hydrogen) atoms. The number of hydroxylamine groups is 2. The maximum atomic E-state index is 14.0. The topological polar surface area (TPSA) is 87.4 Å². The molecule has 0 aromatic heterocycles. The third-order valence-electron chi connectivity index (χ3n) is 6.64. The number of halogens is 4. The van der Waals surface area contributed by atoms with Crippen molar-refractivity contribution in [3.63, 3.8) is 0 Å². The highest BCUT2D eigenvalue weighted by Gasteiger charge is 2.57. The molecule has 6 nitrogen and oxygen atoms in total. The quantitative estimate of drug-likeness (QED) is 0.424. The zero-order chi connectivity index (χ0) is 22.3. The standard InChI is InChI=1S/C20H23F4N3O3/c1-13(27(30,18(28)29)26-12-16(21)10-17(26)11-25)19(8-2-3-9-19)14-4-6-15(7-5-14)20(22,23)24/h4-7,13,16-17H,2-3,8-10,12H2,1H3,(H,28,29)/t13?,16-,17-,27?/m0/s1. The molecule has 1 aromatic carbocycles. The summed E-state index contributed by atoms with van der Waals surface area (Å²) in [4.78, 5) is 12.2. The van der Waals surface area contributed by atoms with Crippen LogP contribution < -0.4 is 0 Å². The molecule has 164 valence electrons. The lowest BCUT2D eigenvalue weighted by atomic mass is 9.72. The van der Waals surface area contributed by atoms with Crippen molar-refractivity contribution in [2.24, 2.45) is 0 Å². The lowest BCUT2D eigenvalue weighted by Gasteiger charge is -2.53. The van der Waals surface area contributed by atoms with Crippen LogP contribution in [-0.2, 0) is 11.6 Å². The number of rotatable bonds is 4. The minimum Gasteiger partial charge on any atom is -0.601 e. The lowest BCUT2D eigenvalue weighted by Crippen LogP contribution is -2.69. The molecule has 3 rings (SSSR count). The van der Waals surface area contributed by atoms with E-state index < -0.39 is 52.8 Å². The third-order valence-corrected chi connectivity index (χ3v) is 6.64. The summed E-state index contributed by atoms with van der Waals surface area (Å²) in [5.74, 6) is 0. The van der Waals surface area contributed by atoms with Crippen molar-refractivity contribution < 1.29 is 32.2 Å². The van der Waals surface area contributed by atoms with Gasteiger partial charge in [-0.3, -0.25) is 0 Å². The summed E-state index contributed by atoms with van der Waals surface area (Å²) in [7, 11) is 0. The Morgan fingerprint density at radius 3 is 2.37 bits per heavy atom. The number of nitriles is 1. The zero-order valence-corrected chi connectivity index (χ0v) is 16.4. The summed E-state index contributed by atoms with van der Waals surface area (Å²) in [5, 5.41) is 33.8. The minimum atomic E-state index is -4.52. The highest BCUT2D eigenvalue weighted by Crippen LogP contribution is 2.49. The van der Waals surface area contributed by atoms with Crippen LogP contribution in [0.5, 0.6) is 0 Å². The van der Waals surface area contributed by atoms with Gasteiger partial charge in [-0.15, -0.1) is 5.01 Å². The Bertz CT molecular complexity index is 833. The largest absolute Gasteiger partial charge is 0.601 e. The first-order valence-electron chi connectivity index (χ1n) is 9.78. The van der Waals surface area contributed by atoms with Crippen molar-refractivity contribution in [1.82, 2.24) is 5.01 Å². The molecule has 1 heterocycles. The molecule has 1 aliphatic heterocycles. The van der Waals surface area contributed by atoms with E-state index in [0.717, 1.165) is 17.1 Å². The molecule has 1 amide bonds. The first-order chi connectivity index (χ1) is 14.0. The van der Waals surface area contributed by atoms with Gasteiger partial charge in [0.1, 0.15) is 18.3 Å². The van der Waals surface area contributed by atoms with Gasteiger partial charge in [0.25, 0.3) is 0 Å². The van der Waals surface area contributed by atoms with Gasteiger partial charge < -0.3 is 10.3 Å². The third kappa shape index (κ3) is 3.55. The number of benzene rings is 1. The summed E-state index contributed by atoms with van der Waals surface area (Å²) < 4.78 is 50.9. The van der Waals surface area contributed by atoms with Crippen LogP contribution in [-0.4, -0.2) is 45.8 Å². The molecule has 1 saturated carbocycles. The van der Waals surface area contributed by atoms with Crippen molar-refractivity contribution in [3.05, 3.63) is 40.6 Å². The number of carbonyl (C=O) groups is 1. The number of quaternary nitrogens is 1. The van der Waals surface area contributed by atoms with Crippen molar-refractivity contribution >= 4 is 6.09 Å². The fraction of sp³-hybridized carbons (Fsp3) is 0.600. The second kappa shape index (κ2) is 7.80. The van der Waals surface area contributed by atoms with E-state index in [1.807, 2.05) is 6.07 Å². The lowest BCUT2D eigenvalue weighted by molar-refractivity contribution is -0.954. The second-order valence-electron chi connectivity index (χ2n) is 8.12. The Morgan fingerprint density at radius 2 is 1.90 bits per heavy atom. The Morgan fingerprint density at radius 1 is 1.33 bits per heavy atom. The Kier molecular flexibility index (Phi) is 5.84. The number of hydrogen-bond acceptors (Lipinski definition) is 4. The second-order valence-corrected chi connectivity index (χ2v) is 8.12. The van der Waals surface area contributed by atoms with Crippen LogP contribution >= 0.6 is 0 Å². The monoisotopic (exact) mass is 429 g/mol. The van der Waals surface area contributed by atoms with Gasteiger partial charge in [-0.1, -0.05) is 25.0 Å². The maximum Gasteiger partial charge on any atom is 0.534 e. The molecule has 2 aliphatic rings. The summed E-state index contributed by atoms with van der Waals surface area (Å²) in [6.45, 7) is 0.950. The molecule has 0 spiro atoms. The van der Waals surface area contributed by atoms with Crippen LogP contribution in [0.4, 0.5) is 22.4 Å². The molecule has 0 bridgehead atoms. The number of hydrogen-bond donors (Lipinski definition) is 1. The number of alkyl halides is 4. The molecule has 4 atom stereocenters. The van der Waals surface area contributed by atoms with E-state index in [0.29, 0.717) is 31.2 Å². The summed E-state index contributed by atoms with van der Waals surface area (Å²) in [5.41, 5.74) is -1.39. The predicted octanol–water partition coefficient (Wildman–Crippen LogP) is 4.75. The molecule has 1 saturated heterocycles. The molecule has 2 unspecified atom stereocenters. The molecular formula is C20H23F4N3O3. The van der Waals surface area contributed by atoms with E-state index in [9.17, 15) is 37.9 Å². The maximum absolute atomic E-state index is 14.0. The van der Waals surface area contributed by atoms with Crippen LogP contribution in [0, 0.1) is 16.5 Å². The predicted molar refractivity (Wildman–Crippen MR) is 98.3 cm³/mol. The first-order valence-corrected chi connectivity index (χ1v) is 9.78. The SMILES string of the molecule is CC(C1(c2ccc(C(F)(F)F)cc2)CCCC1)[N+]([O-])(C(=O)O)N1C[C@@H](F)C[C@H]1C#N. The molecule has 1 N–H and O–H groups in total. The van der Waals surface area contributed by atoms with Gasteiger partial charge in [0.05, 0.1) is 18.2 Å². The van der Waals surface area contributed by atoms with Gasteiger partial charge in [0.15, 0.2) is 0 Å². The van der Waals surface area contributed by atoms with Gasteiger partial charge in [0.2, 0.25) is 0 Å². The van der Waals surface area contributed by atoms with E-state index in [1.54, 1.807) is 0 Å². The first kappa shape index (κ1) is 22.5. The van der Waals surface area contributed by atoms with E-state index in [-0.39, 0.29) is 6.42 Å². The van der Waals surface area contributed by atoms with Gasteiger partial charge in [-0.25, -0.2) is 4.39 Å². The van der Waals surface area contributed by atoms with Crippen molar-refractivity contribution in [3.8, 4) is 6.07 Å². The fourth-order valence-electron chi connectivity index (χ4n) is 4.99.